The van der Waals surface area contributed by atoms with Crippen LogP contribution in [0.15, 0.2) is 0 Å². The van der Waals surface area contributed by atoms with Crippen LogP contribution in [0.3, 0.4) is 0 Å². The molecule has 0 spiro atoms. The topological polar surface area (TPSA) is 35.1 Å². The fraction of sp³-hybridized carbons (Fsp3) is 1.00. The summed E-state index contributed by atoms with van der Waals surface area (Å²) >= 11 is 0. The van der Waals surface area contributed by atoms with E-state index in [2.05, 4.69) is 26.1 Å². The molecule has 0 amide bonds. The standard InChI is InChI=1S/C14H24BNO2.Y/c1-13(2)9-7-10(13)14(3)11(8-9)17-15(18-14)12-5-4-6-16-12;/h9-12,16H,4-8H2,1-3H3;/p+1/t9-,10-,11+,12-,14-;/m0./s1. The van der Waals surface area contributed by atoms with Crippen molar-refractivity contribution in [1.29, 1.82) is 0 Å². The number of quaternary nitrogens is 1. The summed E-state index contributed by atoms with van der Waals surface area (Å²) in [6.07, 6.45) is 5.49. The minimum Gasteiger partial charge on any atom is -0.401 e. The molecule has 5 rings (SSSR count). The minimum atomic E-state index is -0.0145. The molecule has 1 radical (unpaired) electrons. The molecule has 5 atom stereocenters. The fourth-order valence-corrected chi connectivity index (χ4v) is 5.13. The van der Waals surface area contributed by atoms with Gasteiger partial charge in [0.1, 0.15) is 5.94 Å². The molecule has 3 nitrogen and oxygen atoms in total. The Morgan fingerprint density at radius 3 is 2.63 bits per heavy atom. The van der Waals surface area contributed by atoms with E-state index in [9.17, 15) is 0 Å². The number of nitrogens with two attached hydrogens (primary N) is 1. The van der Waals surface area contributed by atoms with Crippen LogP contribution in [0.1, 0.15) is 46.5 Å². The van der Waals surface area contributed by atoms with Crippen LogP contribution in [0, 0.1) is 17.3 Å². The van der Waals surface area contributed by atoms with Gasteiger partial charge in [-0.1, -0.05) is 13.8 Å². The van der Waals surface area contributed by atoms with Gasteiger partial charge in [0.2, 0.25) is 0 Å². The van der Waals surface area contributed by atoms with E-state index < -0.39 is 0 Å². The van der Waals surface area contributed by atoms with E-state index in [1.54, 1.807) is 0 Å². The van der Waals surface area contributed by atoms with Gasteiger partial charge in [-0.2, -0.15) is 0 Å². The van der Waals surface area contributed by atoms with Crippen molar-refractivity contribution < 1.29 is 47.3 Å². The van der Waals surface area contributed by atoms with Gasteiger partial charge >= 0.3 is 7.12 Å². The molecule has 3 saturated carbocycles. The van der Waals surface area contributed by atoms with Crippen molar-refractivity contribution in [1.82, 2.24) is 0 Å². The molecule has 0 aromatic heterocycles. The van der Waals surface area contributed by atoms with Crippen molar-refractivity contribution in [2.45, 2.75) is 64.1 Å². The zero-order valence-corrected chi connectivity index (χ0v) is 15.2. The van der Waals surface area contributed by atoms with Crippen molar-refractivity contribution in [2.24, 2.45) is 17.3 Å². The average Bonchev–Trinajstić information content (AvgIpc) is 2.92. The number of hydrogen-bond acceptors (Lipinski definition) is 2. The summed E-state index contributed by atoms with van der Waals surface area (Å²) in [6.45, 7) is 8.40. The van der Waals surface area contributed by atoms with Crippen molar-refractivity contribution in [3.8, 4) is 0 Å². The largest absolute Gasteiger partial charge is 0.521 e. The van der Waals surface area contributed by atoms with Crippen molar-refractivity contribution in [2.75, 3.05) is 6.54 Å². The molecule has 0 unspecified atom stereocenters. The van der Waals surface area contributed by atoms with E-state index in [4.69, 9.17) is 9.31 Å². The van der Waals surface area contributed by atoms with Crippen LogP contribution in [-0.4, -0.2) is 31.3 Å². The van der Waals surface area contributed by atoms with Crippen molar-refractivity contribution in [3.05, 3.63) is 0 Å². The van der Waals surface area contributed by atoms with E-state index in [0.717, 1.165) is 5.92 Å². The van der Waals surface area contributed by atoms with Crippen LogP contribution < -0.4 is 5.32 Å². The third-order valence-corrected chi connectivity index (χ3v) is 6.53. The number of hydrogen-bond donors (Lipinski definition) is 1. The van der Waals surface area contributed by atoms with E-state index in [1.807, 2.05) is 0 Å². The van der Waals surface area contributed by atoms with Gasteiger partial charge in [0.05, 0.1) is 18.2 Å². The molecular formula is C14H25BNO2Y+. The minimum absolute atomic E-state index is 0. The molecule has 2 bridgehead atoms. The van der Waals surface area contributed by atoms with E-state index in [-0.39, 0.29) is 45.4 Å². The normalized spacial score (nSPS) is 50.4. The second-order valence-corrected chi connectivity index (χ2v) is 7.67. The Hall–Kier alpha value is 1.05. The molecular weight excluding hydrogens is 314 g/mol. The summed E-state index contributed by atoms with van der Waals surface area (Å²) in [5.41, 5.74) is 0.447. The first-order valence-electron chi connectivity index (χ1n) is 7.68. The van der Waals surface area contributed by atoms with Gasteiger partial charge in [-0.05, 0) is 37.0 Å². The molecule has 2 aliphatic heterocycles. The Morgan fingerprint density at radius 2 is 2.00 bits per heavy atom. The molecule has 2 heterocycles. The first-order valence-corrected chi connectivity index (χ1v) is 7.68. The Morgan fingerprint density at radius 1 is 1.21 bits per heavy atom. The summed E-state index contributed by atoms with van der Waals surface area (Å²) < 4.78 is 12.8. The van der Waals surface area contributed by atoms with E-state index in [0.29, 0.717) is 23.4 Å². The van der Waals surface area contributed by atoms with Crippen molar-refractivity contribution >= 4 is 7.12 Å². The first kappa shape index (κ1) is 15.0. The number of rotatable bonds is 1. The quantitative estimate of drug-likeness (QED) is 0.723. The maximum Gasteiger partial charge on any atom is 0.521 e. The van der Waals surface area contributed by atoms with Crippen LogP contribution in [0.4, 0.5) is 0 Å². The second-order valence-electron chi connectivity index (χ2n) is 7.67. The summed E-state index contributed by atoms with van der Waals surface area (Å²) in [5.74, 6) is 2.10. The monoisotopic (exact) mass is 339 g/mol. The maximum absolute atomic E-state index is 6.47. The molecule has 0 aromatic rings. The molecule has 5 fully saturated rings. The fourth-order valence-electron chi connectivity index (χ4n) is 5.13. The summed E-state index contributed by atoms with van der Waals surface area (Å²) in [6, 6.07) is 0. The van der Waals surface area contributed by atoms with E-state index >= 15 is 0 Å². The molecule has 103 valence electrons. The van der Waals surface area contributed by atoms with Crippen LogP contribution in [0.5, 0.6) is 0 Å². The maximum atomic E-state index is 6.47. The van der Waals surface area contributed by atoms with E-state index in [1.165, 1.54) is 32.2 Å². The molecule has 0 aromatic carbocycles. The summed E-state index contributed by atoms with van der Waals surface area (Å²) in [4.78, 5) is 0. The third kappa shape index (κ3) is 1.97. The molecule has 19 heavy (non-hydrogen) atoms. The Labute approximate surface area is 142 Å². The Bertz CT molecular complexity index is 374. The molecule has 5 heteroatoms. The van der Waals surface area contributed by atoms with Crippen LogP contribution in [-0.2, 0) is 42.0 Å². The van der Waals surface area contributed by atoms with Gasteiger partial charge in [-0.25, -0.2) is 0 Å². The van der Waals surface area contributed by atoms with Crippen LogP contribution >= 0.6 is 0 Å². The first-order chi connectivity index (χ1) is 8.52. The summed E-state index contributed by atoms with van der Waals surface area (Å²) in [5, 5.41) is 2.42. The second kappa shape index (κ2) is 4.78. The van der Waals surface area contributed by atoms with Gasteiger partial charge in [0.25, 0.3) is 0 Å². The van der Waals surface area contributed by atoms with Gasteiger partial charge < -0.3 is 14.6 Å². The van der Waals surface area contributed by atoms with Gasteiger partial charge in [0.15, 0.2) is 0 Å². The molecule has 3 aliphatic carbocycles. The Kier molecular flexibility index (Phi) is 3.76. The average molecular weight is 339 g/mol. The van der Waals surface area contributed by atoms with Gasteiger partial charge in [-0.3, -0.25) is 0 Å². The predicted molar refractivity (Wildman–Crippen MR) is 69.9 cm³/mol. The van der Waals surface area contributed by atoms with Crippen molar-refractivity contribution in [3.63, 3.8) is 0 Å². The summed E-state index contributed by atoms with van der Waals surface area (Å²) in [7, 11) is 0.0534. The predicted octanol–water partition coefficient (Wildman–Crippen LogP) is 0.977. The van der Waals surface area contributed by atoms with Crippen LogP contribution in [0.25, 0.3) is 0 Å². The van der Waals surface area contributed by atoms with Gasteiger partial charge in [-0.15, -0.1) is 0 Å². The SMILES string of the molecule is CC1(C)[C@@H]2C[C@H]3OB([C@@H]4CCC[NH2+]4)O[C@@]3(C)[C@H]1C2.[Y]. The van der Waals surface area contributed by atoms with Gasteiger partial charge in [0, 0.05) is 45.6 Å². The van der Waals surface area contributed by atoms with Crippen LogP contribution in [0.2, 0.25) is 0 Å². The third-order valence-electron chi connectivity index (χ3n) is 6.53. The smallest absolute Gasteiger partial charge is 0.401 e. The molecule has 2 N–H and O–H groups in total. The molecule has 2 saturated heterocycles. The zero-order chi connectivity index (χ0) is 12.5. The molecule has 5 aliphatic rings. The zero-order valence-electron chi connectivity index (χ0n) is 12.4. The Balaban J connectivity index is 0.00000110.